The maximum Gasteiger partial charge on any atom is 0.314 e. The Morgan fingerprint density at radius 1 is 1.00 bits per heavy atom. The highest BCUT2D eigenvalue weighted by Gasteiger charge is 2.05. The molecule has 0 saturated carbocycles. The molecule has 0 aromatic heterocycles. The second-order valence-corrected chi connectivity index (χ2v) is 5.97. The highest BCUT2D eigenvalue weighted by Crippen LogP contribution is 2.19. The molecule has 0 atom stereocenters. The molecule has 0 saturated heterocycles. The summed E-state index contributed by atoms with van der Waals surface area (Å²) in [6.07, 6.45) is 1.48. The number of methoxy groups -OCH3 is 1. The lowest BCUT2D eigenvalue weighted by atomic mass is 10.1. The van der Waals surface area contributed by atoms with Crippen LogP contribution in [0.2, 0.25) is 0 Å². The van der Waals surface area contributed by atoms with Crippen molar-refractivity contribution in [2.24, 2.45) is 0 Å². The number of ether oxygens (including phenoxy) is 1. The Morgan fingerprint density at radius 2 is 1.64 bits per heavy atom. The molecule has 5 heteroatoms. The number of nitrogens with one attached hydrogen (secondary N) is 2. The fourth-order valence-corrected chi connectivity index (χ4v) is 2.61. The Kier molecular flexibility index (Phi) is 7.29. The van der Waals surface area contributed by atoms with Gasteiger partial charge < -0.3 is 20.5 Å². The van der Waals surface area contributed by atoms with E-state index >= 15 is 0 Å². The number of hydrogen-bond acceptors (Lipinski definition) is 3. The minimum absolute atomic E-state index is 0.0483. The maximum atomic E-state index is 11.9. The fraction of sp³-hybridized carbons (Fsp3) is 0.350. The van der Waals surface area contributed by atoms with Crippen LogP contribution in [0.25, 0.3) is 0 Å². The molecule has 2 aromatic carbocycles. The standard InChI is InChI=1S/C20H26N2O3/c1-15-3-8-19(25-2)18(13-15)10-12-22-20(24)21-11-9-16-4-6-17(14-23)7-5-16/h3-8,13,23H,9-12,14H2,1-2H3,(H2,21,22,24). The Hall–Kier alpha value is -2.53. The second kappa shape index (κ2) is 9.69. The number of rotatable bonds is 8. The van der Waals surface area contributed by atoms with Crippen LogP contribution in [0, 0.1) is 6.92 Å². The molecule has 2 aromatic rings. The predicted octanol–water partition coefficient (Wildman–Crippen LogP) is 2.58. The molecule has 0 aliphatic heterocycles. The number of hydrogen-bond donors (Lipinski definition) is 3. The summed E-state index contributed by atoms with van der Waals surface area (Å²) in [5, 5.41) is 14.7. The van der Waals surface area contributed by atoms with E-state index in [0.29, 0.717) is 13.1 Å². The van der Waals surface area contributed by atoms with Crippen molar-refractivity contribution < 1.29 is 14.6 Å². The van der Waals surface area contributed by atoms with E-state index in [1.807, 2.05) is 43.3 Å². The third kappa shape index (κ3) is 6.12. The van der Waals surface area contributed by atoms with Crippen LogP contribution in [0.4, 0.5) is 4.79 Å². The van der Waals surface area contributed by atoms with Crippen molar-refractivity contribution in [3.8, 4) is 5.75 Å². The van der Waals surface area contributed by atoms with Crippen LogP contribution >= 0.6 is 0 Å². The molecular weight excluding hydrogens is 316 g/mol. The minimum atomic E-state index is -0.168. The monoisotopic (exact) mass is 342 g/mol. The van der Waals surface area contributed by atoms with Gasteiger partial charge in [-0.2, -0.15) is 0 Å². The first-order valence-electron chi connectivity index (χ1n) is 8.46. The molecule has 0 aliphatic rings. The van der Waals surface area contributed by atoms with Crippen molar-refractivity contribution in [2.45, 2.75) is 26.4 Å². The van der Waals surface area contributed by atoms with Crippen LogP contribution in [0.3, 0.4) is 0 Å². The molecule has 0 spiro atoms. The van der Waals surface area contributed by atoms with E-state index in [-0.39, 0.29) is 12.6 Å². The van der Waals surface area contributed by atoms with Gasteiger partial charge in [0, 0.05) is 13.1 Å². The van der Waals surface area contributed by atoms with Gasteiger partial charge in [-0.25, -0.2) is 4.79 Å². The molecule has 2 amide bonds. The number of aliphatic hydroxyl groups is 1. The lowest BCUT2D eigenvalue weighted by molar-refractivity contribution is 0.241. The molecule has 0 bridgehead atoms. The zero-order valence-electron chi connectivity index (χ0n) is 14.8. The van der Waals surface area contributed by atoms with Gasteiger partial charge in [0.15, 0.2) is 0 Å². The van der Waals surface area contributed by atoms with Gasteiger partial charge in [0.25, 0.3) is 0 Å². The van der Waals surface area contributed by atoms with Gasteiger partial charge in [0.2, 0.25) is 0 Å². The number of carbonyl (C=O) groups is 1. The van der Waals surface area contributed by atoms with E-state index in [9.17, 15) is 4.79 Å². The first kappa shape index (κ1) is 18.8. The first-order valence-corrected chi connectivity index (χ1v) is 8.46. The quantitative estimate of drug-likeness (QED) is 0.690. The average Bonchev–Trinajstić information content (AvgIpc) is 2.62. The number of benzene rings is 2. The Labute approximate surface area is 149 Å². The van der Waals surface area contributed by atoms with Gasteiger partial charge in [0.05, 0.1) is 13.7 Å². The lowest BCUT2D eigenvalue weighted by Crippen LogP contribution is -2.37. The molecular formula is C20H26N2O3. The van der Waals surface area contributed by atoms with Crippen LogP contribution in [0.1, 0.15) is 22.3 Å². The van der Waals surface area contributed by atoms with Crippen molar-refractivity contribution in [3.63, 3.8) is 0 Å². The smallest absolute Gasteiger partial charge is 0.314 e. The number of carbonyl (C=O) groups excluding carboxylic acids is 1. The van der Waals surface area contributed by atoms with Gasteiger partial charge in [-0.1, -0.05) is 42.0 Å². The van der Waals surface area contributed by atoms with Crippen molar-refractivity contribution >= 4 is 6.03 Å². The topological polar surface area (TPSA) is 70.6 Å². The summed E-state index contributed by atoms with van der Waals surface area (Å²) in [6.45, 7) is 3.21. The summed E-state index contributed by atoms with van der Waals surface area (Å²) < 4.78 is 5.34. The van der Waals surface area contributed by atoms with Crippen LogP contribution < -0.4 is 15.4 Å². The van der Waals surface area contributed by atoms with Crippen LogP contribution in [0.15, 0.2) is 42.5 Å². The molecule has 5 nitrogen and oxygen atoms in total. The van der Waals surface area contributed by atoms with Gasteiger partial charge >= 0.3 is 6.03 Å². The van der Waals surface area contributed by atoms with E-state index in [2.05, 4.69) is 16.7 Å². The van der Waals surface area contributed by atoms with Crippen LogP contribution in [-0.2, 0) is 19.4 Å². The molecule has 0 heterocycles. The third-order valence-electron chi connectivity index (χ3n) is 4.02. The Balaban J connectivity index is 1.69. The molecule has 0 fully saturated rings. The summed E-state index contributed by atoms with van der Waals surface area (Å²) in [4.78, 5) is 11.9. The van der Waals surface area contributed by atoms with E-state index in [1.54, 1.807) is 7.11 Å². The maximum absolute atomic E-state index is 11.9. The summed E-state index contributed by atoms with van der Waals surface area (Å²) in [5.74, 6) is 0.846. The summed E-state index contributed by atoms with van der Waals surface area (Å²) in [5.41, 5.74) is 4.28. The Morgan fingerprint density at radius 3 is 2.28 bits per heavy atom. The first-order chi connectivity index (χ1) is 12.1. The third-order valence-corrected chi connectivity index (χ3v) is 4.02. The zero-order chi connectivity index (χ0) is 18.1. The van der Waals surface area contributed by atoms with E-state index in [1.165, 1.54) is 5.56 Å². The molecule has 0 radical (unpaired) electrons. The van der Waals surface area contributed by atoms with Crippen molar-refractivity contribution in [1.82, 2.24) is 10.6 Å². The predicted molar refractivity (Wildman–Crippen MR) is 98.9 cm³/mol. The summed E-state index contributed by atoms with van der Waals surface area (Å²) in [6, 6.07) is 13.6. The molecule has 0 aliphatic carbocycles. The summed E-state index contributed by atoms with van der Waals surface area (Å²) >= 11 is 0. The SMILES string of the molecule is COc1ccc(C)cc1CCNC(=O)NCCc1ccc(CO)cc1. The molecule has 134 valence electrons. The minimum Gasteiger partial charge on any atom is -0.496 e. The number of aliphatic hydroxyl groups excluding tert-OH is 1. The van der Waals surface area contributed by atoms with E-state index in [4.69, 9.17) is 9.84 Å². The van der Waals surface area contributed by atoms with Gasteiger partial charge in [0.1, 0.15) is 5.75 Å². The lowest BCUT2D eigenvalue weighted by Gasteiger charge is -2.11. The second-order valence-electron chi connectivity index (χ2n) is 5.97. The fourth-order valence-electron chi connectivity index (χ4n) is 2.61. The van der Waals surface area contributed by atoms with Crippen LogP contribution in [0.5, 0.6) is 5.75 Å². The van der Waals surface area contributed by atoms with Gasteiger partial charge in [-0.15, -0.1) is 0 Å². The number of amides is 2. The van der Waals surface area contributed by atoms with Gasteiger partial charge in [-0.05, 0) is 42.5 Å². The highest BCUT2D eigenvalue weighted by atomic mass is 16.5. The van der Waals surface area contributed by atoms with Crippen LogP contribution in [-0.4, -0.2) is 31.3 Å². The molecule has 3 N–H and O–H groups in total. The zero-order valence-corrected chi connectivity index (χ0v) is 14.8. The van der Waals surface area contributed by atoms with Crippen molar-refractivity contribution in [3.05, 3.63) is 64.7 Å². The van der Waals surface area contributed by atoms with Crippen molar-refractivity contribution in [2.75, 3.05) is 20.2 Å². The summed E-state index contributed by atoms with van der Waals surface area (Å²) in [7, 11) is 1.65. The molecule has 25 heavy (non-hydrogen) atoms. The largest absolute Gasteiger partial charge is 0.496 e. The molecule has 0 unspecified atom stereocenters. The molecule has 2 rings (SSSR count). The van der Waals surface area contributed by atoms with Gasteiger partial charge in [-0.3, -0.25) is 0 Å². The normalized spacial score (nSPS) is 10.4. The number of aryl methyl sites for hydroxylation is 1. The van der Waals surface area contributed by atoms with E-state index < -0.39 is 0 Å². The average molecular weight is 342 g/mol. The van der Waals surface area contributed by atoms with Crippen molar-refractivity contribution in [1.29, 1.82) is 0 Å². The Bertz CT molecular complexity index is 684. The van der Waals surface area contributed by atoms with E-state index in [0.717, 1.165) is 35.3 Å². The number of urea groups is 1. The highest BCUT2D eigenvalue weighted by molar-refractivity contribution is 5.73.